The van der Waals surface area contributed by atoms with Crippen molar-refractivity contribution in [2.45, 2.75) is 15.2 Å². The second-order valence-electron chi connectivity index (χ2n) is 15.3. The zero-order valence-electron chi connectivity index (χ0n) is 32.0. The van der Waals surface area contributed by atoms with Crippen LogP contribution in [-0.4, -0.2) is 0 Å². The van der Waals surface area contributed by atoms with Gasteiger partial charge in [0.1, 0.15) is 11.2 Å². The van der Waals surface area contributed by atoms with Crippen molar-refractivity contribution in [1.29, 1.82) is 0 Å². The van der Waals surface area contributed by atoms with E-state index in [2.05, 4.69) is 216 Å². The highest BCUT2D eigenvalue weighted by Crippen LogP contribution is 2.63. The molecule has 0 radical (unpaired) electrons. The summed E-state index contributed by atoms with van der Waals surface area (Å²) in [6.07, 6.45) is 0. The predicted octanol–water partition coefficient (Wildman–Crippen LogP) is 15.4. The van der Waals surface area contributed by atoms with E-state index < -0.39 is 5.41 Å². The Labute approximate surface area is 347 Å². The van der Waals surface area contributed by atoms with Gasteiger partial charge in [-0.2, -0.15) is 0 Å². The van der Waals surface area contributed by atoms with Gasteiger partial charge < -0.3 is 14.2 Å². The van der Waals surface area contributed by atoms with E-state index in [-0.39, 0.29) is 0 Å². The van der Waals surface area contributed by atoms with E-state index in [1.807, 2.05) is 23.9 Å². The molecule has 2 aliphatic rings. The number of nitrogens with zero attached hydrogens (tertiary/aromatic N) is 2. The molecule has 1 aliphatic heterocycles. The van der Waals surface area contributed by atoms with Crippen molar-refractivity contribution >= 4 is 67.8 Å². The van der Waals surface area contributed by atoms with Crippen molar-refractivity contribution in [3.8, 4) is 11.1 Å². The lowest BCUT2D eigenvalue weighted by atomic mass is 9.67. The van der Waals surface area contributed by atoms with Crippen LogP contribution >= 0.6 is 11.8 Å². The van der Waals surface area contributed by atoms with Crippen LogP contribution in [0.5, 0.6) is 0 Å². The summed E-state index contributed by atoms with van der Waals surface area (Å²) in [7, 11) is 0. The molecule has 1 unspecified atom stereocenters. The van der Waals surface area contributed by atoms with Gasteiger partial charge in [-0.25, -0.2) is 0 Å². The molecule has 0 saturated carbocycles. The lowest BCUT2D eigenvalue weighted by molar-refractivity contribution is 0.669. The molecule has 0 N–H and O–H groups in total. The van der Waals surface area contributed by atoms with Crippen LogP contribution in [0.15, 0.2) is 233 Å². The van der Waals surface area contributed by atoms with Crippen LogP contribution in [0.2, 0.25) is 0 Å². The van der Waals surface area contributed by atoms with Crippen LogP contribution < -0.4 is 9.80 Å². The fraction of sp³-hybridized carbons (Fsp3) is 0.0182. The number of furan rings is 1. The minimum absolute atomic E-state index is 0.503. The van der Waals surface area contributed by atoms with Crippen LogP contribution in [-0.2, 0) is 5.41 Å². The van der Waals surface area contributed by atoms with E-state index in [9.17, 15) is 0 Å². The molecule has 0 bridgehead atoms. The monoisotopic (exact) mass is 772 g/mol. The number of fused-ring (bicyclic) bond motifs is 12. The molecule has 2 heterocycles. The molecule has 278 valence electrons. The summed E-state index contributed by atoms with van der Waals surface area (Å²) in [5.41, 5.74) is 15.7. The first-order valence-electron chi connectivity index (χ1n) is 20.1. The summed E-state index contributed by atoms with van der Waals surface area (Å²) >= 11 is 1.87. The molecule has 3 nitrogen and oxygen atoms in total. The Balaban J connectivity index is 1.07. The van der Waals surface area contributed by atoms with E-state index in [1.54, 1.807) is 0 Å². The molecular formula is C55H36N2OS. The third-order valence-electron chi connectivity index (χ3n) is 12.1. The largest absolute Gasteiger partial charge is 0.456 e. The van der Waals surface area contributed by atoms with Gasteiger partial charge in [0.2, 0.25) is 0 Å². The van der Waals surface area contributed by atoms with Gasteiger partial charge in [-0.3, -0.25) is 0 Å². The van der Waals surface area contributed by atoms with Crippen molar-refractivity contribution in [3.05, 3.63) is 241 Å². The summed E-state index contributed by atoms with van der Waals surface area (Å²) in [6, 6.07) is 79.2. The standard InChI is InChI=1S/C55H36N2OS/c1-4-16-37(17-5-1)56(38-18-6-2-7-19-38)40-28-31-48-45(34-40)43-22-10-12-24-47(43)55(48)49-25-13-15-27-53(49)59-54-36-42(29-32-50(54)55)57(39-20-8-3-9-21-39)41-30-33-52-46(35-41)44-23-11-14-26-51(44)58-52/h1-36H. The van der Waals surface area contributed by atoms with Crippen molar-refractivity contribution in [2.75, 3.05) is 9.80 Å². The van der Waals surface area contributed by atoms with Crippen LogP contribution in [0.4, 0.5) is 34.1 Å². The smallest absolute Gasteiger partial charge is 0.135 e. The maximum Gasteiger partial charge on any atom is 0.135 e. The number of hydrogen-bond donors (Lipinski definition) is 0. The first-order chi connectivity index (χ1) is 29.3. The summed E-state index contributed by atoms with van der Waals surface area (Å²) in [5, 5.41) is 2.23. The van der Waals surface area contributed by atoms with Gasteiger partial charge in [-0.1, -0.05) is 139 Å². The molecule has 0 saturated heterocycles. The predicted molar refractivity (Wildman–Crippen MR) is 245 cm³/mol. The van der Waals surface area contributed by atoms with Crippen LogP contribution in [0.1, 0.15) is 22.3 Å². The minimum Gasteiger partial charge on any atom is -0.456 e. The van der Waals surface area contributed by atoms with Gasteiger partial charge in [0.25, 0.3) is 0 Å². The zero-order chi connectivity index (χ0) is 38.9. The van der Waals surface area contributed by atoms with Crippen LogP contribution in [0, 0.1) is 0 Å². The Morgan fingerprint density at radius 1 is 0.322 bits per heavy atom. The third kappa shape index (κ3) is 5.16. The van der Waals surface area contributed by atoms with Crippen molar-refractivity contribution in [2.24, 2.45) is 0 Å². The number of anilines is 6. The highest BCUT2D eigenvalue weighted by Gasteiger charge is 2.50. The fourth-order valence-corrected chi connectivity index (χ4v) is 10.9. The molecule has 12 rings (SSSR count). The number of hydrogen-bond acceptors (Lipinski definition) is 4. The summed E-state index contributed by atoms with van der Waals surface area (Å²) < 4.78 is 6.26. The molecule has 0 fully saturated rings. The Hall–Kier alpha value is -7.27. The van der Waals surface area contributed by atoms with Crippen molar-refractivity contribution in [1.82, 2.24) is 0 Å². The lowest BCUT2D eigenvalue weighted by Crippen LogP contribution is -2.32. The Bertz CT molecular complexity index is 3170. The number of para-hydroxylation sites is 4. The van der Waals surface area contributed by atoms with E-state index in [1.165, 1.54) is 43.2 Å². The molecule has 59 heavy (non-hydrogen) atoms. The minimum atomic E-state index is -0.503. The summed E-state index contributed by atoms with van der Waals surface area (Å²) in [4.78, 5) is 7.26. The Kier molecular flexibility index (Phi) is 7.69. The molecule has 1 spiro atoms. The quantitative estimate of drug-likeness (QED) is 0.168. The maximum absolute atomic E-state index is 6.26. The average Bonchev–Trinajstić information content (AvgIpc) is 3.81. The van der Waals surface area contributed by atoms with Crippen molar-refractivity contribution in [3.63, 3.8) is 0 Å². The average molecular weight is 773 g/mol. The Morgan fingerprint density at radius 3 is 1.54 bits per heavy atom. The van der Waals surface area contributed by atoms with E-state index >= 15 is 0 Å². The highest BCUT2D eigenvalue weighted by molar-refractivity contribution is 7.99. The third-order valence-corrected chi connectivity index (χ3v) is 13.2. The zero-order valence-corrected chi connectivity index (χ0v) is 32.8. The normalized spacial score (nSPS) is 14.8. The number of benzene rings is 9. The first kappa shape index (κ1) is 33.8. The highest BCUT2D eigenvalue weighted by atomic mass is 32.2. The SMILES string of the molecule is c1ccc(N(c2ccccc2)c2ccc3c(c2)-c2ccccc2C32c3ccccc3Sc3cc(N(c4ccccc4)c4ccc5oc6ccccc6c5c4)ccc32)cc1. The van der Waals surface area contributed by atoms with Crippen LogP contribution in [0.3, 0.4) is 0 Å². The van der Waals surface area contributed by atoms with E-state index in [0.717, 1.165) is 56.1 Å². The van der Waals surface area contributed by atoms with Gasteiger partial charge in [-0.15, -0.1) is 0 Å². The van der Waals surface area contributed by atoms with Gasteiger partial charge in [0, 0.05) is 54.7 Å². The molecule has 1 atom stereocenters. The lowest BCUT2D eigenvalue weighted by Gasteiger charge is -2.40. The van der Waals surface area contributed by atoms with Gasteiger partial charge in [-0.05, 0) is 124 Å². The Morgan fingerprint density at radius 2 is 0.814 bits per heavy atom. The maximum atomic E-state index is 6.26. The van der Waals surface area contributed by atoms with Gasteiger partial charge in [0.15, 0.2) is 0 Å². The second kappa shape index (κ2) is 13.4. The van der Waals surface area contributed by atoms with E-state index in [4.69, 9.17) is 4.42 Å². The molecular weight excluding hydrogens is 737 g/mol. The number of rotatable bonds is 6. The molecule has 0 amide bonds. The van der Waals surface area contributed by atoms with Crippen molar-refractivity contribution < 1.29 is 4.42 Å². The first-order valence-corrected chi connectivity index (χ1v) is 20.9. The topological polar surface area (TPSA) is 19.6 Å². The van der Waals surface area contributed by atoms with Gasteiger partial charge in [0.05, 0.1) is 5.41 Å². The molecule has 4 heteroatoms. The second-order valence-corrected chi connectivity index (χ2v) is 16.3. The summed E-state index contributed by atoms with van der Waals surface area (Å²) in [5.74, 6) is 0. The van der Waals surface area contributed by atoms with E-state index in [0.29, 0.717) is 0 Å². The molecule has 9 aromatic carbocycles. The van der Waals surface area contributed by atoms with Gasteiger partial charge >= 0.3 is 0 Å². The molecule has 1 aliphatic carbocycles. The van der Waals surface area contributed by atoms with Crippen LogP contribution in [0.25, 0.3) is 33.1 Å². The molecule has 1 aromatic heterocycles. The fourth-order valence-electron chi connectivity index (χ4n) is 9.64. The summed E-state index contributed by atoms with van der Waals surface area (Å²) in [6.45, 7) is 0. The molecule has 10 aromatic rings.